The first-order valence-electron chi connectivity index (χ1n) is 8.95. The number of carbonyl (C=O) groups excluding carboxylic acids is 1. The van der Waals surface area contributed by atoms with Crippen LogP contribution in [0.25, 0.3) is 0 Å². The number of nitrogens with zero attached hydrogens (tertiary/aromatic N) is 4. The van der Waals surface area contributed by atoms with Crippen LogP contribution in [0.2, 0.25) is 0 Å². The molecule has 1 N–H and O–H groups in total. The second-order valence-corrected chi connectivity index (χ2v) is 7.64. The van der Waals surface area contributed by atoms with Crippen LogP contribution in [0.1, 0.15) is 15.9 Å². The van der Waals surface area contributed by atoms with Crippen molar-refractivity contribution >= 4 is 23.4 Å². The SMILES string of the molecule is CN1CCN(CCSc2ccc(NC(=O)c3cccc(C#N)c3)cn2)CC1. The molecule has 0 unspecified atom stereocenters. The van der Waals surface area contributed by atoms with E-state index in [1.54, 1.807) is 42.2 Å². The molecule has 27 heavy (non-hydrogen) atoms. The Morgan fingerprint density at radius 1 is 1.26 bits per heavy atom. The van der Waals surface area contributed by atoms with Crippen LogP contribution in [-0.2, 0) is 0 Å². The van der Waals surface area contributed by atoms with Gasteiger partial charge in [-0.3, -0.25) is 9.69 Å². The maximum Gasteiger partial charge on any atom is 0.255 e. The molecule has 1 fully saturated rings. The van der Waals surface area contributed by atoms with Crippen molar-refractivity contribution in [2.45, 2.75) is 5.03 Å². The predicted octanol–water partition coefficient (Wildman–Crippen LogP) is 2.55. The predicted molar refractivity (Wildman–Crippen MR) is 108 cm³/mol. The Balaban J connectivity index is 1.47. The first kappa shape index (κ1) is 19.4. The van der Waals surface area contributed by atoms with Crippen LogP contribution in [0.5, 0.6) is 0 Å². The lowest BCUT2D eigenvalue weighted by atomic mass is 10.1. The lowest BCUT2D eigenvalue weighted by molar-refractivity contribution is 0.102. The van der Waals surface area contributed by atoms with Crippen molar-refractivity contribution in [3.63, 3.8) is 0 Å². The summed E-state index contributed by atoms with van der Waals surface area (Å²) in [6.07, 6.45) is 1.67. The third kappa shape index (κ3) is 5.79. The molecular formula is C20H23N5OS. The van der Waals surface area contributed by atoms with E-state index in [1.165, 1.54) is 0 Å². The highest BCUT2D eigenvalue weighted by molar-refractivity contribution is 7.99. The van der Waals surface area contributed by atoms with E-state index < -0.39 is 0 Å². The number of amides is 1. The number of aromatic nitrogens is 1. The monoisotopic (exact) mass is 381 g/mol. The van der Waals surface area contributed by atoms with Gasteiger partial charge in [0.25, 0.3) is 5.91 Å². The first-order chi connectivity index (χ1) is 13.1. The molecule has 1 saturated heterocycles. The molecule has 0 aliphatic carbocycles. The topological polar surface area (TPSA) is 72.3 Å². The van der Waals surface area contributed by atoms with E-state index in [-0.39, 0.29) is 5.91 Å². The van der Waals surface area contributed by atoms with Gasteiger partial charge in [-0.15, -0.1) is 11.8 Å². The summed E-state index contributed by atoms with van der Waals surface area (Å²) in [5.74, 6) is 0.757. The Labute approximate surface area is 164 Å². The molecule has 0 bridgehead atoms. The van der Waals surface area contributed by atoms with Crippen molar-refractivity contribution in [3.05, 3.63) is 53.7 Å². The lowest BCUT2D eigenvalue weighted by Crippen LogP contribution is -2.45. The van der Waals surface area contributed by atoms with Crippen molar-refractivity contribution in [1.29, 1.82) is 5.26 Å². The number of nitriles is 1. The molecule has 1 amide bonds. The molecule has 0 atom stereocenters. The molecule has 0 radical (unpaired) electrons. The summed E-state index contributed by atoms with van der Waals surface area (Å²) in [5, 5.41) is 12.7. The van der Waals surface area contributed by atoms with E-state index in [2.05, 4.69) is 27.1 Å². The number of likely N-dealkylation sites (N-methyl/N-ethyl adjacent to an activating group) is 1. The molecule has 6 nitrogen and oxygen atoms in total. The van der Waals surface area contributed by atoms with Crippen LogP contribution in [0.15, 0.2) is 47.6 Å². The average molecular weight is 382 g/mol. The van der Waals surface area contributed by atoms with Gasteiger partial charge in [0.2, 0.25) is 0 Å². The van der Waals surface area contributed by atoms with Gasteiger partial charge < -0.3 is 10.2 Å². The molecule has 1 aliphatic rings. The van der Waals surface area contributed by atoms with E-state index in [0.29, 0.717) is 16.8 Å². The molecule has 1 aliphatic heterocycles. The number of hydrogen-bond donors (Lipinski definition) is 1. The van der Waals surface area contributed by atoms with Gasteiger partial charge in [0, 0.05) is 44.0 Å². The molecule has 1 aromatic heterocycles. The molecule has 7 heteroatoms. The number of benzene rings is 1. The van der Waals surface area contributed by atoms with Gasteiger partial charge in [-0.1, -0.05) is 6.07 Å². The quantitative estimate of drug-likeness (QED) is 0.776. The second kappa shape index (κ2) is 9.51. The molecule has 0 saturated carbocycles. The van der Waals surface area contributed by atoms with Gasteiger partial charge in [-0.2, -0.15) is 5.26 Å². The van der Waals surface area contributed by atoms with Crippen molar-refractivity contribution in [2.75, 3.05) is 50.8 Å². The van der Waals surface area contributed by atoms with Crippen molar-refractivity contribution < 1.29 is 4.79 Å². The van der Waals surface area contributed by atoms with Crippen LogP contribution in [0.3, 0.4) is 0 Å². The maximum absolute atomic E-state index is 12.3. The third-order valence-corrected chi connectivity index (χ3v) is 5.43. The van der Waals surface area contributed by atoms with Crippen LogP contribution in [0.4, 0.5) is 5.69 Å². The van der Waals surface area contributed by atoms with Gasteiger partial charge in [0.15, 0.2) is 0 Å². The van der Waals surface area contributed by atoms with Gasteiger partial charge >= 0.3 is 0 Å². The summed E-state index contributed by atoms with van der Waals surface area (Å²) < 4.78 is 0. The minimum atomic E-state index is -0.246. The summed E-state index contributed by atoms with van der Waals surface area (Å²) in [5.41, 5.74) is 1.57. The fourth-order valence-electron chi connectivity index (χ4n) is 2.82. The molecule has 0 spiro atoms. The zero-order chi connectivity index (χ0) is 19.1. The smallest absolute Gasteiger partial charge is 0.255 e. The van der Waals surface area contributed by atoms with Gasteiger partial charge in [-0.25, -0.2) is 4.98 Å². The lowest BCUT2D eigenvalue weighted by Gasteiger charge is -2.32. The zero-order valence-corrected chi connectivity index (χ0v) is 16.2. The van der Waals surface area contributed by atoms with E-state index in [1.807, 2.05) is 18.2 Å². The number of hydrogen-bond acceptors (Lipinski definition) is 6. The molecular weight excluding hydrogens is 358 g/mol. The van der Waals surface area contributed by atoms with Crippen molar-refractivity contribution in [1.82, 2.24) is 14.8 Å². The molecule has 2 aromatic rings. The largest absolute Gasteiger partial charge is 0.321 e. The number of piperazine rings is 1. The summed E-state index contributed by atoms with van der Waals surface area (Å²) in [6.45, 7) is 5.59. The van der Waals surface area contributed by atoms with Gasteiger partial charge in [-0.05, 0) is 37.4 Å². The number of thioether (sulfide) groups is 1. The van der Waals surface area contributed by atoms with E-state index in [4.69, 9.17) is 5.26 Å². The Morgan fingerprint density at radius 2 is 2.07 bits per heavy atom. The minimum Gasteiger partial charge on any atom is -0.321 e. The standard InChI is InChI=1S/C20H23N5OS/c1-24-7-9-25(10-8-24)11-12-27-19-6-5-18(15-22-19)23-20(26)17-4-2-3-16(13-17)14-21/h2-6,13,15H,7-12H2,1H3,(H,23,26). The van der Waals surface area contributed by atoms with Crippen LogP contribution < -0.4 is 5.32 Å². The van der Waals surface area contributed by atoms with Crippen LogP contribution >= 0.6 is 11.8 Å². The zero-order valence-electron chi connectivity index (χ0n) is 15.4. The summed E-state index contributed by atoms with van der Waals surface area (Å²) >= 11 is 1.73. The van der Waals surface area contributed by atoms with E-state index >= 15 is 0 Å². The van der Waals surface area contributed by atoms with Gasteiger partial charge in [0.05, 0.1) is 28.5 Å². The van der Waals surface area contributed by atoms with Crippen molar-refractivity contribution in [2.24, 2.45) is 0 Å². The minimum absolute atomic E-state index is 0.246. The highest BCUT2D eigenvalue weighted by Crippen LogP contribution is 2.18. The number of rotatable bonds is 6. The first-order valence-corrected chi connectivity index (χ1v) is 9.94. The summed E-state index contributed by atoms with van der Waals surface area (Å²) in [4.78, 5) is 21.5. The maximum atomic E-state index is 12.3. The third-order valence-electron chi connectivity index (χ3n) is 4.50. The molecule has 1 aromatic carbocycles. The summed E-state index contributed by atoms with van der Waals surface area (Å²) in [6, 6.07) is 12.5. The number of pyridine rings is 1. The molecule has 3 rings (SSSR count). The Morgan fingerprint density at radius 3 is 2.78 bits per heavy atom. The normalized spacial score (nSPS) is 15.3. The molecule has 140 valence electrons. The Kier molecular flexibility index (Phi) is 6.82. The molecule has 2 heterocycles. The Hall–Kier alpha value is -2.40. The summed E-state index contributed by atoms with van der Waals surface area (Å²) in [7, 11) is 2.16. The fraction of sp³-hybridized carbons (Fsp3) is 0.350. The highest BCUT2D eigenvalue weighted by atomic mass is 32.2. The van der Waals surface area contributed by atoms with E-state index in [0.717, 1.165) is 43.5 Å². The van der Waals surface area contributed by atoms with Gasteiger partial charge in [0.1, 0.15) is 0 Å². The number of nitrogens with one attached hydrogen (secondary N) is 1. The fourth-order valence-corrected chi connectivity index (χ4v) is 3.67. The number of anilines is 1. The Bertz CT molecular complexity index is 810. The van der Waals surface area contributed by atoms with Crippen LogP contribution in [-0.4, -0.2) is 66.2 Å². The average Bonchev–Trinajstić information content (AvgIpc) is 2.71. The second-order valence-electron chi connectivity index (χ2n) is 6.53. The van der Waals surface area contributed by atoms with Crippen LogP contribution in [0, 0.1) is 11.3 Å². The van der Waals surface area contributed by atoms with Crippen molar-refractivity contribution in [3.8, 4) is 6.07 Å². The highest BCUT2D eigenvalue weighted by Gasteiger charge is 2.13. The van der Waals surface area contributed by atoms with E-state index in [9.17, 15) is 4.79 Å². The number of carbonyl (C=O) groups is 1.